The third-order valence-corrected chi connectivity index (χ3v) is 14.0. The van der Waals surface area contributed by atoms with E-state index in [-0.39, 0.29) is 22.0 Å². The summed E-state index contributed by atoms with van der Waals surface area (Å²) in [5.74, 6) is 0.917. The van der Waals surface area contributed by atoms with Crippen LogP contribution in [0.4, 0.5) is 0 Å². The molecule has 0 bridgehead atoms. The van der Waals surface area contributed by atoms with E-state index in [2.05, 4.69) is 262 Å². The fourth-order valence-corrected chi connectivity index (χ4v) is 9.88. The smallest absolute Gasteiger partial charge is 0.149 e. The van der Waals surface area contributed by atoms with Gasteiger partial charge in [-0.25, -0.2) is 4.98 Å². The Labute approximate surface area is 420 Å². The van der Waals surface area contributed by atoms with Gasteiger partial charge in [0.1, 0.15) is 11.6 Å². The zero-order valence-corrected chi connectivity index (χ0v) is 42.8. The van der Waals surface area contributed by atoms with Gasteiger partial charge in [-0.1, -0.05) is 196 Å². The van der Waals surface area contributed by atoms with Crippen molar-refractivity contribution in [1.82, 2.24) is 14.5 Å². The summed E-state index contributed by atoms with van der Waals surface area (Å²) in [6, 6.07) is 67.4. The molecular weight excluding hydrogens is 863 g/mol. The van der Waals surface area contributed by atoms with Crippen LogP contribution in [-0.4, -0.2) is 19.6 Å². The summed E-state index contributed by atoms with van der Waals surface area (Å²) in [6.45, 7) is 22.2. The summed E-state index contributed by atoms with van der Waals surface area (Å²) >= 11 is 0. The highest BCUT2D eigenvalue weighted by atomic mass is 16.3. The molecule has 10 aromatic rings. The van der Waals surface area contributed by atoms with Gasteiger partial charge in [-0.05, 0) is 139 Å². The van der Waals surface area contributed by atoms with Gasteiger partial charge in [-0.15, -0.1) is 0 Å². The van der Waals surface area contributed by atoms with Crippen LogP contribution in [-0.2, 0) is 16.2 Å². The molecule has 4 nitrogen and oxygen atoms in total. The first-order chi connectivity index (χ1) is 33.9. The molecule has 8 aromatic carbocycles. The van der Waals surface area contributed by atoms with Crippen LogP contribution >= 0.6 is 0 Å². The lowest BCUT2D eigenvalue weighted by molar-refractivity contribution is 0.446. The second kappa shape index (κ2) is 18.2. The minimum atomic E-state index is -0.350. The quantitative estimate of drug-likeness (QED) is 0.165. The first-order valence-electron chi connectivity index (χ1n) is 24.9. The van der Waals surface area contributed by atoms with Crippen LogP contribution in [0.3, 0.4) is 0 Å². The Morgan fingerprint density at radius 2 is 0.986 bits per heavy atom. The van der Waals surface area contributed by atoms with Crippen LogP contribution < -0.4 is 0 Å². The van der Waals surface area contributed by atoms with Crippen molar-refractivity contribution in [1.29, 1.82) is 0 Å². The van der Waals surface area contributed by atoms with Crippen LogP contribution in [0.25, 0.3) is 95.0 Å². The van der Waals surface area contributed by atoms with E-state index in [1.165, 1.54) is 11.1 Å². The van der Waals surface area contributed by atoms with E-state index in [0.29, 0.717) is 11.4 Å². The van der Waals surface area contributed by atoms with Crippen molar-refractivity contribution >= 4 is 11.0 Å². The first kappa shape index (κ1) is 46.9. The predicted octanol–water partition coefficient (Wildman–Crippen LogP) is 18.0. The number of benzene rings is 8. The maximum Gasteiger partial charge on any atom is 0.149 e. The van der Waals surface area contributed by atoms with Crippen LogP contribution in [0.5, 0.6) is 5.75 Å². The summed E-state index contributed by atoms with van der Waals surface area (Å²) in [6.07, 6.45) is 1.92. The summed E-state index contributed by atoms with van der Waals surface area (Å²) in [5, 5.41) is 12.7. The molecular formula is C67H63N3O. The standard InChI is InChI=1S/C67H63N3O/c1-43-35-56(47-25-18-13-19-26-47)61(42-55(43)46-23-16-12-17-24-46)70-60-28-20-27-54(62(60)69-64(70)57-40-53(66(5,6)7)41-58(63(57)71)67(8,9)10)50-36-49(44-21-14-11-15-22-44)37-51(38-50)59-39-48(33-34-68-59)45-29-31-52(32-30-45)65(2,3)4/h11-42,71H,1-10H3. The second-order valence-electron chi connectivity index (χ2n) is 22.2. The largest absolute Gasteiger partial charge is 0.507 e. The summed E-state index contributed by atoms with van der Waals surface area (Å²) in [4.78, 5) is 10.8. The molecule has 1 N–H and O–H groups in total. The van der Waals surface area contributed by atoms with E-state index in [0.717, 1.165) is 94.7 Å². The van der Waals surface area contributed by atoms with Crippen molar-refractivity contribution in [2.45, 2.75) is 85.5 Å². The zero-order valence-electron chi connectivity index (χ0n) is 42.8. The Morgan fingerprint density at radius 1 is 0.408 bits per heavy atom. The summed E-state index contributed by atoms with van der Waals surface area (Å²) < 4.78 is 2.30. The number of hydrogen-bond acceptors (Lipinski definition) is 3. The molecule has 0 aliphatic rings. The molecule has 0 radical (unpaired) electrons. The molecule has 0 unspecified atom stereocenters. The van der Waals surface area contributed by atoms with Crippen molar-refractivity contribution in [3.05, 3.63) is 217 Å². The van der Waals surface area contributed by atoms with Crippen LogP contribution in [0.15, 0.2) is 194 Å². The minimum Gasteiger partial charge on any atom is -0.507 e. The number of aromatic hydroxyl groups is 1. The molecule has 0 aliphatic heterocycles. The normalized spacial score (nSPS) is 12.1. The molecule has 10 rings (SSSR count). The lowest BCUT2D eigenvalue weighted by Crippen LogP contribution is -2.17. The number of hydrogen-bond donors (Lipinski definition) is 1. The Balaban J connectivity index is 1.27. The average molecular weight is 926 g/mol. The maximum atomic E-state index is 12.7. The molecule has 2 heterocycles. The number of nitrogens with zero attached hydrogens (tertiary/aromatic N) is 3. The van der Waals surface area contributed by atoms with E-state index < -0.39 is 0 Å². The van der Waals surface area contributed by atoms with Crippen molar-refractivity contribution in [3.8, 4) is 89.7 Å². The fraction of sp³-hybridized carbons (Fsp3) is 0.194. The van der Waals surface area contributed by atoms with E-state index in [1.807, 2.05) is 6.20 Å². The molecule has 0 saturated heterocycles. The molecule has 0 fully saturated rings. The van der Waals surface area contributed by atoms with Gasteiger partial charge in [0.15, 0.2) is 0 Å². The number of fused-ring (bicyclic) bond motifs is 1. The molecule has 71 heavy (non-hydrogen) atoms. The van der Waals surface area contributed by atoms with Crippen LogP contribution in [0, 0.1) is 6.92 Å². The Morgan fingerprint density at radius 3 is 1.61 bits per heavy atom. The highest BCUT2D eigenvalue weighted by molar-refractivity contribution is 5.99. The fourth-order valence-electron chi connectivity index (χ4n) is 9.88. The molecule has 0 atom stereocenters. The predicted molar refractivity (Wildman–Crippen MR) is 299 cm³/mol. The SMILES string of the molecule is Cc1cc(-c2ccccc2)c(-n2c(-c3cc(C(C)(C)C)cc(C(C)(C)C)c3O)nc3c(-c4cc(-c5ccccc5)cc(-c5cc(-c6ccc(C(C)(C)C)cc6)ccn5)c4)cccc32)cc1-c1ccccc1. The average Bonchev–Trinajstić information content (AvgIpc) is 3.75. The molecule has 352 valence electrons. The van der Waals surface area contributed by atoms with Gasteiger partial charge in [0.05, 0.1) is 28.0 Å². The van der Waals surface area contributed by atoms with E-state index in [1.54, 1.807) is 0 Å². The van der Waals surface area contributed by atoms with Crippen molar-refractivity contribution in [3.63, 3.8) is 0 Å². The van der Waals surface area contributed by atoms with Gasteiger partial charge < -0.3 is 5.11 Å². The van der Waals surface area contributed by atoms with Crippen LogP contribution in [0.2, 0.25) is 0 Å². The number of imidazole rings is 1. The molecule has 2 aromatic heterocycles. The Bertz CT molecular complexity index is 3570. The van der Waals surface area contributed by atoms with Gasteiger partial charge >= 0.3 is 0 Å². The topological polar surface area (TPSA) is 50.9 Å². The Hall–Kier alpha value is -7.82. The first-order valence-corrected chi connectivity index (χ1v) is 24.9. The second-order valence-corrected chi connectivity index (χ2v) is 22.2. The summed E-state index contributed by atoms with van der Waals surface area (Å²) in [5.41, 5.74) is 20.2. The zero-order chi connectivity index (χ0) is 49.8. The molecule has 4 heteroatoms. The number of aryl methyl sites for hydroxylation is 1. The molecule has 0 amide bonds. The molecule has 0 aliphatic carbocycles. The van der Waals surface area contributed by atoms with Crippen molar-refractivity contribution in [2.75, 3.05) is 0 Å². The Kier molecular flexibility index (Phi) is 12.0. The molecule has 0 saturated carbocycles. The van der Waals surface area contributed by atoms with Gasteiger partial charge in [0.2, 0.25) is 0 Å². The number of phenolic OH excluding ortho intramolecular Hbond substituents is 1. The highest BCUT2D eigenvalue weighted by Gasteiger charge is 2.30. The summed E-state index contributed by atoms with van der Waals surface area (Å²) in [7, 11) is 0. The third-order valence-electron chi connectivity index (χ3n) is 14.0. The number of pyridine rings is 1. The molecule has 0 spiro atoms. The lowest BCUT2D eigenvalue weighted by atomic mass is 9.79. The highest BCUT2D eigenvalue weighted by Crippen LogP contribution is 2.47. The van der Waals surface area contributed by atoms with Crippen LogP contribution in [0.1, 0.15) is 84.6 Å². The van der Waals surface area contributed by atoms with Gasteiger partial charge in [-0.2, -0.15) is 0 Å². The van der Waals surface area contributed by atoms with Crippen molar-refractivity contribution in [2.24, 2.45) is 0 Å². The number of rotatable bonds is 8. The van der Waals surface area contributed by atoms with Gasteiger partial charge in [-0.3, -0.25) is 9.55 Å². The maximum absolute atomic E-state index is 12.7. The number of aromatic nitrogens is 3. The minimum absolute atomic E-state index is 0.0668. The lowest BCUT2D eigenvalue weighted by Gasteiger charge is -2.28. The van der Waals surface area contributed by atoms with E-state index in [4.69, 9.17) is 9.97 Å². The number of phenols is 1. The third kappa shape index (κ3) is 9.23. The van der Waals surface area contributed by atoms with Gasteiger partial charge in [0.25, 0.3) is 0 Å². The monoisotopic (exact) mass is 925 g/mol. The number of para-hydroxylation sites is 1. The van der Waals surface area contributed by atoms with E-state index in [9.17, 15) is 5.11 Å². The van der Waals surface area contributed by atoms with E-state index >= 15 is 0 Å². The van der Waals surface area contributed by atoms with Gasteiger partial charge in [0, 0.05) is 28.5 Å². The van der Waals surface area contributed by atoms with Crippen molar-refractivity contribution < 1.29 is 5.11 Å².